The third-order valence-corrected chi connectivity index (χ3v) is 3.01. The number of benzene rings is 1. The van der Waals surface area contributed by atoms with Gasteiger partial charge in [-0.15, -0.1) is 0 Å². The molecule has 1 aliphatic rings. The molecule has 1 saturated heterocycles. The molecule has 1 heterocycles. The van der Waals surface area contributed by atoms with Crippen LogP contribution in [0.1, 0.15) is 18.0 Å². The molecule has 0 radical (unpaired) electrons. The minimum atomic E-state index is -0.111. The first kappa shape index (κ1) is 11.7. The van der Waals surface area contributed by atoms with Crippen LogP contribution < -0.4 is 5.32 Å². The van der Waals surface area contributed by atoms with Gasteiger partial charge in [-0.25, -0.2) is 4.79 Å². The lowest BCUT2D eigenvalue weighted by atomic mass is 10.1. The van der Waals surface area contributed by atoms with E-state index < -0.39 is 0 Å². The summed E-state index contributed by atoms with van der Waals surface area (Å²) in [5, 5.41) is 12.1. The Morgan fingerprint density at radius 1 is 1.47 bits per heavy atom. The van der Waals surface area contributed by atoms with Crippen molar-refractivity contribution in [3.63, 3.8) is 0 Å². The van der Waals surface area contributed by atoms with Gasteiger partial charge in [0, 0.05) is 18.1 Å². The number of rotatable bonds is 3. The van der Waals surface area contributed by atoms with E-state index in [0.29, 0.717) is 24.5 Å². The lowest BCUT2D eigenvalue weighted by Crippen LogP contribution is -2.28. The van der Waals surface area contributed by atoms with Gasteiger partial charge in [-0.2, -0.15) is 5.26 Å². The van der Waals surface area contributed by atoms with Crippen molar-refractivity contribution in [3.8, 4) is 6.07 Å². The highest BCUT2D eigenvalue weighted by atomic mass is 35.5. The van der Waals surface area contributed by atoms with Crippen molar-refractivity contribution in [2.24, 2.45) is 0 Å². The summed E-state index contributed by atoms with van der Waals surface area (Å²) in [6.45, 7) is 1.08. The van der Waals surface area contributed by atoms with Gasteiger partial charge in [-0.05, 0) is 17.7 Å². The third-order valence-electron chi connectivity index (χ3n) is 2.75. The fraction of sp³-hybridized carbons (Fsp3) is 0.333. The van der Waals surface area contributed by atoms with Gasteiger partial charge in [0.25, 0.3) is 0 Å². The predicted molar refractivity (Wildman–Crippen MR) is 64.5 cm³/mol. The van der Waals surface area contributed by atoms with Crippen molar-refractivity contribution in [3.05, 3.63) is 34.9 Å². The van der Waals surface area contributed by atoms with Gasteiger partial charge in [-0.3, -0.25) is 0 Å². The number of nitriles is 1. The number of hydrogen-bond donors (Lipinski definition) is 1. The van der Waals surface area contributed by atoms with Gasteiger partial charge < -0.3 is 10.2 Å². The molecule has 17 heavy (non-hydrogen) atoms. The Morgan fingerprint density at radius 2 is 2.18 bits per heavy atom. The van der Waals surface area contributed by atoms with Crippen LogP contribution in [0.5, 0.6) is 0 Å². The average molecular weight is 250 g/mol. The molecule has 5 heteroatoms. The van der Waals surface area contributed by atoms with Crippen molar-refractivity contribution in [2.45, 2.75) is 12.5 Å². The number of nitrogens with zero attached hydrogens (tertiary/aromatic N) is 2. The molecule has 0 spiro atoms. The van der Waals surface area contributed by atoms with Crippen LogP contribution in [0.15, 0.2) is 24.3 Å². The van der Waals surface area contributed by atoms with Crippen LogP contribution in [0.2, 0.25) is 5.02 Å². The zero-order valence-corrected chi connectivity index (χ0v) is 9.94. The second-order valence-electron chi connectivity index (χ2n) is 3.91. The lowest BCUT2D eigenvalue weighted by Gasteiger charge is -2.12. The van der Waals surface area contributed by atoms with Gasteiger partial charge in [0.05, 0.1) is 18.5 Å². The van der Waals surface area contributed by atoms with E-state index in [-0.39, 0.29) is 12.1 Å². The first-order valence-corrected chi connectivity index (χ1v) is 5.76. The molecule has 2 rings (SSSR count). The molecular formula is C12H12ClN3O. The van der Waals surface area contributed by atoms with Crippen LogP contribution in [0.4, 0.5) is 4.79 Å². The van der Waals surface area contributed by atoms with Crippen LogP contribution in [0.25, 0.3) is 0 Å². The quantitative estimate of drug-likeness (QED) is 0.894. The molecule has 1 fully saturated rings. The summed E-state index contributed by atoms with van der Waals surface area (Å²) >= 11 is 5.81. The summed E-state index contributed by atoms with van der Waals surface area (Å²) in [5.41, 5.74) is 1.03. The third kappa shape index (κ3) is 2.69. The van der Waals surface area contributed by atoms with E-state index in [1.165, 1.54) is 0 Å². The summed E-state index contributed by atoms with van der Waals surface area (Å²) in [4.78, 5) is 13.3. The minimum absolute atomic E-state index is 0.0153. The fourth-order valence-corrected chi connectivity index (χ4v) is 1.98. The Morgan fingerprint density at radius 3 is 2.82 bits per heavy atom. The Balaban J connectivity index is 2.03. The molecule has 0 aliphatic carbocycles. The largest absolute Gasteiger partial charge is 0.329 e. The van der Waals surface area contributed by atoms with E-state index in [1.807, 2.05) is 18.2 Å². The second-order valence-corrected chi connectivity index (χ2v) is 4.34. The highest BCUT2D eigenvalue weighted by Gasteiger charge is 2.28. The first-order chi connectivity index (χ1) is 8.20. The number of hydrogen-bond acceptors (Lipinski definition) is 2. The Bertz CT molecular complexity index is 452. The highest BCUT2D eigenvalue weighted by Crippen LogP contribution is 2.21. The van der Waals surface area contributed by atoms with Gasteiger partial charge in [-0.1, -0.05) is 23.7 Å². The van der Waals surface area contributed by atoms with E-state index in [2.05, 4.69) is 5.32 Å². The average Bonchev–Trinajstić information content (AvgIpc) is 2.69. The number of urea groups is 1. The van der Waals surface area contributed by atoms with Crippen LogP contribution in [-0.2, 0) is 0 Å². The molecule has 1 unspecified atom stereocenters. The van der Waals surface area contributed by atoms with Crippen LogP contribution in [0.3, 0.4) is 0 Å². The number of halogens is 1. The van der Waals surface area contributed by atoms with Crippen molar-refractivity contribution in [1.82, 2.24) is 10.2 Å². The monoisotopic (exact) mass is 249 g/mol. The van der Waals surface area contributed by atoms with E-state index in [1.54, 1.807) is 17.0 Å². The molecule has 4 nitrogen and oxygen atoms in total. The topological polar surface area (TPSA) is 56.1 Å². The van der Waals surface area contributed by atoms with Crippen LogP contribution in [-0.4, -0.2) is 24.0 Å². The lowest BCUT2D eigenvalue weighted by molar-refractivity contribution is 0.218. The molecule has 0 aromatic heterocycles. The van der Waals surface area contributed by atoms with Crippen molar-refractivity contribution >= 4 is 17.6 Å². The zero-order chi connectivity index (χ0) is 12.3. The maximum Gasteiger partial charge on any atom is 0.318 e. The van der Waals surface area contributed by atoms with Crippen molar-refractivity contribution in [2.75, 3.05) is 13.1 Å². The van der Waals surface area contributed by atoms with Gasteiger partial charge in [0.15, 0.2) is 0 Å². The maximum atomic E-state index is 11.6. The second kappa shape index (κ2) is 5.07. The van der Waals surface area contributed by atoms with Crippen LogP contribution in [0, 0.1) is 11.3 Å². The number of carbonyl (C=O) groups excluding carboxylic acids is 1. The summed E-state index contributed by atoms with van der Waals surface area (Å²) in [6, 6.07) is 9.33. The molecule has 88 valence electrons. The SMILES string of the molecule is N#CCCN1CC(c2ccc(Cl)cc2)NC1=O. The normalized spacial score (nSPS) is 18.9. The smallest absolute Gasteiger partial charge is 0.318 e. The predicted octanol–water partition coefficient (Wildman–Crippen LogP) is 2.32. The van der Waals surface area contributed by atoms with E-state index in [9.17, 15) is 4.79 Å². The van der Waals surface area contributed by atoms with Gasteiger partial charge in [0.2, 0.25) is 0 Å². The summed E-state index contributed by atoms with van der Waals surface area (Å²) in [5.74, 6) is 0. The fourth-order valence-electron chi connectivity index (χ4n) is 1.85. The van der Waals surface area contributed by atoms with E-state index >= 15 is 0 Å². The Kier molecular flexibility index (Phi) is 3.50. The molecule has 1 aromatic rings. The summed E-state index contributed by atoms with van der Waals surface area (Å²) in [7, 11) is 0. The molecule has 1 atom stereocenters. The Labute approximate surface area is 105 Å². The molecule has 0 bridgehead atoms. The minimum Gasteiger partial charge on any atom is -0.329 e. The Hall–Kier alpha value is -1.73. The number of amides is 2. The number of carbonyl (C=O) groups is 1. The summed E-state index contributed by atoms with van der Waals surface area (Å²) in [6.07, 6.45) is 0.362. The van der Waals surface area contributed by atoms with Gasteiger partial charge in [0.1, 0.15) is 0 Å². The summed E-state index contributed by atoms with van der Waals surface area (Å²) < 4.78 is 0. The van der Waals surface area contributed by atoms with E-state index in [4.69, 9.17) is 16.9 Å². The molecule has 1 N–H and O–H groups in total. The molecule has 2 amide bonds. The number of nitrogens with one attached hydrogen (secondary N) is 1. The molecule has 1 aliphatic heterocycles. The molecule has 0 saturated carbocycles. The maximum absolute atomic E-state index is 11.6. The van der Waals surface area contributed by atoms with E-state index in [0.717, 1.165) is 5.56 Å². The highest BCUT2D eigenvalue weighted by molar-refractivity contribution is 6.30. The standard InChI is InChI=1S/C12H12ClN3O/c13-10-4-2-9(3-5-10)11-8-16(7-1-6-14)12(17)15-11/h2-5,11H,1,7-8H2,(H,15,17). The molecular weight excluding hydrogens is 238 g/mol. The van der Waals surface area contributed by atoms with Crippen LogP contribution >= 0.6 is 11.6 Å². The first-order valence-electron chi connectivity index (χ1n) is 5.38. The van der Waals surface area contributed by atoms with Crippen molar-refractivity contribution < 1.29 is 4.79 Å². The van der Waals surface area contributed by atoms with Gasteiger partial charge >= 0.3 is 6.03 Å². The molecule has 1 aromatic carbocycles. The van der Waals surface area contributed by atoms with Crippen molar-refractivity contribution in [1.29, 1.82) is 5.26 Å². The zero-order valence-electron chi connectivity index (χ0n) is 9.19.